The third-order valence-electron chi connectivity index (χ3n) is 11.4. The minimum Gasteiger partial charge on any atom is -0.320 e. The van der Waals surface area contributed by atoms with E-state index in [0.717, 1.165) is 50.6 Å². The Kier molecular flexibility index (Phi) is 7.71. The number of hydrogen-bond donors (Lipinski definition) is 0. The van der Waals surface area contributed by atoms with Crippen LogP contribution < -0.4 is 0 Å². The van der Waals surface area contributed by atoms with Gasteiger partial charge in [0.25, 0.3) is 0 Å². The van der Waals surface area contributed by atoms with Crippen LogP contribution in [0, 0.1) is 0 Å². The van der Waals surface area contributed by atoms with E-state index in [0.29, 0.717) is 0 Å². The van der Waals surface area contributed by atoms with E-state index in [2.05, 4.69) is 197 Å². The standard InChI is InChI=1S/C52H37N5/c1-55-51(38-17-7-3-8-18-38)53-50(37-15-5-2-6-16-37)54-52(55)57-47-24-14-12-22-43(47)45-32-30-40(34-49(45)57)36-27-25-35(26-28-36)39-29-31-44-42-21-11-13-23-46(42)56(48(44)33-39)41-19-9-4-10-20-41/h2-34,52H,1H3. The van der Waals surface area contributed by atoms with E-state index >= 15 is 0 Å². The van der Waals surface area contributed by atoms with Gasteiger partial charge in [-0.3, -0.25) is 0 Å². The SMILES string of the molecule is CN1C(c2ccccc2)=NC(c2ccccc2)=NC1n1c2ccccc2c2ccc(-c3ccc(-c4ccc5c6ccccc6n(-c6ccccc6)c5c4)cc3)cc21. The number of hydrogen-bond acceptors (Lipinski definition) is 3. The number of rotatable bonds is 6. The number of amidine groups is 2. The van der Waals surface area contributed by atoms with Crippen molar-refractivity contribution in [2.45, 2.75) is 6.29 Å². The Hall–Kier alpha value is -7.50. The van der Waals surface area contributed by atoms with Crippen molar-refractivity contribution in [3.63, 3.8) is 0 Å². The molecular formula is C52H37N5. The Morgan fingerprint density at radius 3 is 1.51 bits per heavy atom. The van der Waals surface area contributed by atoms with E-state index in [9.17, 15) is 0 Å². The molecule has 270 valence electrons. The number of para-hydroxylation sites is 3. The van der Waals surface area contributed by atoms with Crippen LogP contribution in [0.1, 0.15) is 17.4 Å². The first-order valence-corrected chi connectivity index (χ1v) is 19.4. The summed E-state index contributed by atoms with van der Waals surface area (Å²) in [7, 11) is 2.10. The quantitative estimate of drug-likeness (QED) is 0.168. The molecule has 1 unspecified atom stereocenters. The van der Waals surface area contributed by atoms with E-state index in [1.54, 1.807) is 0 Å². The molecule has 0 spiro atoms. The van der Waals surface area contributed by atoms with Crippen molar-refractivity contribution in [2.24, 2.45) is 9.98 Å². The molecule has 1 atom stereocenters. The number of aliphatic imine (C=N–C) groups is 2. The van der Waals surface area contributed by atoms with Crippen molar-refractivity contribution in [1.82, 2.24) is 14.0 Å². The third-order valence-corrected chi connectivity index (χ3v) is 11.4. The van der Waals surface area contributed by atoms with Crippen LogP contribution in [-0.4, -0.2) is 32.8 Å². The highest BCUT2D eigenvalue weighted by Crippen LogP contribution is 2.39. The van der Waals surface area contributed by atoms with Crippen molar-refractivity contribution < 1.29 is 0 Å². The predicted molar refractivity (Wildman–Crippen MR) is 237 cm³/mol. The largest absolute Gasteiger partial charge is 0.320 e. The molecule has 8 aromatic carbocycles. The molecule has 5 heteroatoms. The minimum atomic E-state index is -0.366. The van der Waals surface area contributed by atoms with Gasteiger partial charge >= 0.3 is 0 Å². The predicted octanol–water partition coefficient (Wildman–Crippen LogP) is 12.5. The third kappa shape index (κ3) is 5.47. The summed E-state index contributed by atoms with van der Waals surface area (Å²) in [6, 6.07) is 71.4. The van der Waals surface area contributed by atoms with E-state index in [4.69, 9.17) is 9.98 Å². The molecule has 0 saturated heterocycles. The zero-order valence-electron chi connectivity index (χ0n) is 31.4. The van der Waals surface area contributed by atoms with Crippen LogP contribution >= 0.6 is 0 Å². The summed E-state index contributed by atoms with van der Waals surface area (Å²) in [6.07, 6.45) is -0.366. The molecule has 0 aliphatic carbocycles. The topological polar surface area (TPSA) is 37.8 Å². The van der Waals surface area contributed by atoms with Crippen molar-refractivity contribution >= 4 is 55.3 Å². The zero-order valence-corrected chi connectivity index (χ0v) is 31.4. The number of benzene rings is 8. The second-order valence-electron chi connectivity index (χ2n) is 14.7. The molecule has 1 aliphatic rings. The van der Waals surface area contributed by atoms with Crippen molar-refractivity contribution in [2.75, 3.05) is 7.05 Å². The molecule has 0 radical (unpaired) electrons. The Morgan fingerprint density at radius 1 is 0.386 bits per heavy atom. The van der Waals surface area contributed by atoms with Crippen LogP contribution in [0.3, 0.4) is 0 Å². The van der Waals surface area contributed by atoms with Crippen LogP contribution in [0.15, 0.2) is 210 Å². The lowest BCUT2D eigenvalue weighted by molar-refractivity contribution is 0.297. The highest BCUT2D eigenvalue weighted by Gasteiger charge is 2.29. The molecule has 0 saturated carbocycles. The molecule has 0 bridgehead atoms. The zero-order chi connectivity index (χ0) is 37.9. The summed E-state index contributed by atoms with van der Waals surface area (Å²) in [6.45, 7) is 0. The lowest BCUT2D eigenvalue weighted by Crippen LogP contribution is -2.38. The first-order chi connectivity index (χ1) is 28.2. The molecule has 2 aromatic heterocycles. The fraction of sp³-hybridized carbons (Fsp3) is 0.0385. The second kappa shape index (κ2) is 13.4. The summed E-state index contributed by atoms with van der Waals surface area (Å²) in [4.78, 5) is 12.7. The van der Waals surface area contributed by atoms with Gasteiger partial charge in [0.15, 0.2) is 5.84 Å². The Morgan fingerprint density at radius 2 is 0.860 bits per heavy atom. The summed E-state index contributed by atoms with van der Waals surface area (Å²) in [5.41, 5.74) is 12.6. The van der Waals surface area contributed by atoms with Gasteiger partial charge in [0.05, 0.1) is 22.1 Å². The molecule has 0 amide bonds. The van der Waals surface area contributed by atoms with Crippen LogP contribution in [0.5, 0.6) is 0 Å². The van der Waals surface area contributed by atoms with Gasteiger partial charge in [0.2, 0.25) is 6.29 Å². The van der Waals surface area contributed by atoms with E-state index in [1.165, 1.54) is 43.7 Å². The van der Waals surface area contributed by atoms with Gasteiger partial charge in [-0.15, -0.1) is 0 Å². The normalized spacial score (nSPS) is 14.4. The molecule has 11 rings (SSSR count). The molecular weight excluding hydrogens is 695 g/mol. The molecule has 3 heterocycles. The van der Waals surface area contributed by atoms with Crippen LogP contribution in [0.4, 0.5) is 0 Å². The van der Waals surface area contributed by atoms with Gasteiger partial charge < -0.3 is 14.0 Å². The van der Waals surface area contributed by atoms with Crippen molar-refractivity contribution in [3.8, 4) is 27.9 Å². The Labute approximate surface area is 330 Å². The first-order valence-electron chi connectivity index (χ1n) is 19.4. The van der Waals surface area contributed by atoms with Gasteiger partial charge in [-0.05, 0) is 58.7 Å². The highest BCUT2D eigenvalue weighted by molar-refractivity contribution is 6.14. The summed E-state index contributed by atoms with van der Waals surface area (Å²) < 4.78 is 4.76. The van der Waals surface area contributed by atoms with Gasteiger partial charge in [-0.1, -0.05) is 164 Å². The minimum absolute atomic E-state index is 0.366. The Bertz CT molecular complexity index is 3170. The molecule has 1 aliphatic heterocycles. The second-order valence-corrected chi connectivity index (χ2v) is 14.7. The Balaban J connectivity index is 1.02. The molecule has 0 N–H and O–H groups in total. The monoisotopic (exact) mass is 731 g/mol. The summed E-state index contributed by atoms with van der Waals surface area (Å²) >= 11 is 0. The lowest BCUT2D eigenvalue weighted by Gasteiger charge is -2.34. The fourth-order valence-electron chi connectivity index (χ4n) is 8.61. The average Bonchev–Trinajstić information content (AvgIpc) is 3.79. The first kappa shape index (κ1) is 32.9. The molecule has 57 heavy (non-hydrogen) atoms. The fourth-order valence-corrected chi connectivity index (χ4v) is 8.61. The van der Waals surface area contributed by atoms with Gasteiger partial charge in [0, 0.05) is 45.4 Å². The van der Waals surface area contributed by atoms with Crippen LogP contribution in [0.2, 0.25) is 0 Å². The maximum absolute atomic E-state index is 5.38. The lowest BCUT2D eigenvalue weighted by atomic mass is 9.98. The number of nitrogens with zero attached hydrogens (tertiary/aromatic N) is 5. The van der Waals surface area contributed by atoms with Crippen LogP contribution in [0.25, 0.3) is 71.6 Å². The van der Waals surface area contributed by atoms with Gasteiger partial charge in [-0.25, -0.2) is 9.98 Å². The van der Waals surface area contributed by atoms with Crippen LogP contribution in [-0.2, 0) is 0 Å². The number of fused-ring (bicyclic) bond motifs is 6. The summed E-state index contributed by atoms with van der Waals surface area (Å²) in [5, 5.41) is 4.91. The molecule has 0 fully saturated rings. The molecule has 10 aromatic rings. The van der Waals surface area contributed by atoms with Crippen molar-refractivity contribution in [1.29, 1.82) is 0 Å². The average molecular weight is 732 g/mol. The van der Waals surface area contributed by atoms with Gasteiger partial charge in [-0.2, -0.15) is 0 Å². The van der Waals surface area contributed by atoms with Crippen molar-refractivity contribution in [3.05, 3.63) is 211 Å². The maximum atomic E-state index is 5.38. The van der Waals surface area contributed by atoms with E-state index in [1.807, 2.05) is 24.3 Å². The summed E-state index contributed by atoms with van der Waals surface area (Å²) in [5.74, 6) is 1.60. The smallest absolute Gasteiger partial charge is 0.206 e. The highest BCUT2D eigenvalue weighted by atomic mass is 15.4. The molecule has 5 nitrogen and oxygen atoms in total. The van der Waals surface area contributed by atoms with E-state index < -0.39 is 0 Å². The number of aromatic nitrogens is 2. The maximum Gasteiger partial charge on any atom is 0.206 e. The van der Waals surface area contributed by atoms with Gasteiger partial charge in [0.1, 0.15) is 5.84 Å². The van der Waals surface area contributed by atoms with E-state index in [-0.39, 0.29) is 6.29 Å².